The second kappa shape index (κ2) is 4.35. The molecule has 5 aromatic rings. The van der Waals surface area contributed by atoms with E-state index in [-0.39, 0.29) is 5.91 Å². The first kappa shape index (κ1) is 13.3. The Morgan fingerprint density at radius 2 is 1.64 bits per heavy atom. The summed E-state index contributed by atoms with van der Waals surface area (Å²) in [7, 11) is 0. The molecule has 1 aliphatic heterocycles. The van der Waals surface area contributed by atoms with E-state index in [9.17, 15) is 4.79 Å². The quantitative estimate of drug-likeness (QED) is 0.369. The Hall–Kier alpha value is -2.98. The molecule has 0 radical (unpaired) electrons. The van der Waals surface area contributed by atoms with Gasteiger partial charge in [-0.15, -0.1) is 0 Å². The summed E-state index contributed by atoms with van der Waals surface area (Å²) in [6.07, 6.45) is 0. The molecule has 0 aliphatic carbocycles. The van der Waals surface area contributed by atoms with E-state index in [0.29, 0.717) is 11.6 Å². The Morgan fingerprint density at radius 1 is 0.880 bits per heavy atom. The van der Waals surface area contributed by atoms with Crippen LogP contribution >= 0.6 is 11.6 Å². The van der Waals surface area contributed by atoms with Crippen LogP contribution in [-0.4, -0.2) is 15.9 Å². The van der Waals surface area contributed by atoms with Crippen molar-refractivity contribution in [2.45, 2.75) is 6.54 Å². The fourth-order valence-electron chi connectivity index (χ4n) is 4.21. The summed E-state index contributed by atoms with van der Waals surface area (Å²) < 4.78 is 0. The Balaban J connectivity index is 1.99. The summed E-state index contributed by atoms with van der Waals surface area (Å²) in [6.45, 7) is 0.551. The number of aromatic nitrogens is 2. The van der Waals surface area contributed by atoms with Crippen LogP contribution in [0.5, 0.6) is 0 Å². The average Bonchev–Trinajstić information content (AvgIpc) is 3.27. The van der Waals surface area contributed by atoms with Gasteiger partial charge >= 0.3 is 0 Å². The molecule has 25 heavy (non-hydrogen) atoms. The Bertz CT molecular complexity index is 1380. The van der Waals surface area contributed by atoms with Gasteiger partial charge in [-0.2, -0.15) is 0 Å². The molecule has 3 heterocycles. The summed E-state index contributed by atoms with van der Waals surface area (Å²) in [5, 5.41) is 7.85. The normalized spacial score (nSPS) is 14.0. The maximum Gasteiger partial charge on any atom is 0.252 e. The molecule has 0 atom stereocenters. The second-order valence-electron chi connectivity index (χ2n) is 6.52. The Kier molecular flexibility index (Phi) is 2.32. The van der Waals surface area contributed by atoms with Gasteiger partial charge in [-0.25, -0.2) is 0 Å². The van der Waals surface area contributed by atoms with E-state index in [2.05, 4.69) is 27.4 Å². The predicted molar refractivity (Wildman–Crippen MR) is 101 cm³/mol. The lowest BCUT2D eigenvalue weighted by Crippen LogP contribution is -2.12. The van der Waals surface area contributed by atoms with Gasteiger partial charge in [0.15, 0.2) is 0 Å². The van der Waals surface area contributed by atoms with Gasteiger partial charge in [0.2, 0.25) is 0 Å². The molecule has 0 saturated heterocycles. The van der Waals surface area contributed by atoms with Crippen LogP contribution in [0.3, 0.4) is 0 Å². The van der Waals surface area contributed by atoms with Crippen molar-refractivity contribution >= 4 is 61.1 Å². The van der Waals surface area contributed by atoms with Crippen molar-refractivity contribution in [3.63, 3.8) is 0 Å². The lowest BCUT2D eigenvalue weighted by Gasteiger charge is -2.04. The number of hydrogen-bond donors (Lipinski definition) is 3. The van der Waals surface area contributed by atoms with Crippen molar-refractivity contribution in [3.8, 4) is 0 Å². The number of hydrogen-bond acceptors (Lipinski definition) is 1. The van der Waals surface area contributed by atoms with Crippen molar-refractivity contribution in [1.82, 2.24) is 15.3 Å². The number of halogens is 1. The van der Waals surface area contributed by atoms with Crippen LogP contribution in [0.4, 0.5) is 0 Å². The molecule has 0 fully saturated rings. The van der Waals surface area contributed by atoms with E-state index >= 15 is 0 Å². The van der Waals surface area contributed by atoms with E-state index in [1.54, 1.807) is 0 Å². The summed E-state index contributed by atoms with van der Waals surface area (Å²) in [4.78, 5) is 19.7. The van der Waals surface area contributed by atoms with E-state index < -0.39 is 0 Å². The molecule has 1 amide bonds. The van der Waals surface area contributed by atoms with Crippen LogP contribution in [0, 0.1) is 0 Å². The van der Waals surface area contributed by atoms with Gasteiger partial charge in [0, 0.05) is 44.1 Å². The zero-order chi connectivity index (χ0) is 16.7. The maximum absolute atomic E-state index is 12.6. The molecular formula is C20H12ClN3O. The zero-order valence-electron chi connectivity index (χ0n) is 13.0. The number of aromatic amines is 2. The first-order valence-electron chi connectivity index (χ1n) is 8.17. The molecule has 0 unspecified atom stereocenters. The van der Waals surface area contributed by atoms with Crippen LogP contribution in [0.2, 0.25) is 5.02 Å². The first-order valence-corrected chi connectivity index (χ1v) is 8.54. The standard InChI is InChI=1S/C20H12ClN3O/c21-9-5-6-14-11(7-9)16-17-12(8-22-20(17)25)15-10-3-1-2-4-13(10)23-18(15)19(16)24-14/h1-7,23-24H,8H2,(H,22,25). The topological polar surface area (TPSA) is 60.7 Å². The largest absolute Gasteiger partial charge is 0.353 e. The van der Waals surface area contributed by atoms with E-state index in [4.69, 9.17) is 11.6 Å². The fraction of sp³-hybridized carbons (Fsp3) is 0.0500. The first-order chi connectivity index (χ1) is 12.2. The van der Waals surface area contributed by atoms with Crippen LogP contribution in [0.15, 0.2) is 42.5 Å². The lowest BCUT2D eigenvalue weighted by molar-refractivity contribution is 0.0967. The van der Waals surface area contributed by atoms with Crippen molar-refractivity contribution in [2.75, 3.05) is 0 Å². The summed E-state index contributed by atoms with van der Waals surface area (Å²) >= 11 is 6.22. The molecule has 0 saturated carbocycles. The van der Waals surface area contributed by atoms with Gasteiger partial charge < -0.3 is 15.3 Å². The zero-order valence-corrected chi connectivity index (χ0v) is 13.8. The third kappa shape index (κ3) is 1.55. The molecule has 3 N–H and O–H groups in total. The van der Waals surface area contributed by atoms with E-state index in [1.807, 2.05) is 30.3 Å². The summed E-state index contributed by atoms with van der Waals surface area (Å²) in [5.74, 6) is -0.0203. The van der Waals surface area contributed by atoms with Gasteiger partial charge in [0.25, 0.3) is 5.91 Å². The SMILES string of the molecule is O=C1NCc2c1c1c3cc(Cl)ccc3[nH]c1c1[nH]c3ccccc3c21. The third-order valence-electron chi connectivity index (χ3n) is 5.22. The number of rotatable bonds is 0. The van der Waals surface area contributed by atoms with Crippen LogP contribution in [0.25, 0.3) is 43.6 Å². The number of amides is 1. The molecule has 4 nitrogen and oxygen atoms in total. The minimum Gasteiger partial charge on any atom is -0.353 e. The van der Waals surface area contributed by atoms with Crippen LogP contribution in [0.1, 0.15) is 15.9 Å². The predicted octanol–water partition coefficient (Wildman–Crippen LogP) is 4.85. The van der Waals surface area contributed by atoms with Crippen molar-refractivity contribution in [3.05, 3.63) is 58.6 Å². The van der Waals surface area contributed by atoms with Crippen LogP contribution < -0.4 is 5.32 Å². The van der Waals surface area contributed by atoms with Crippen molar-refractivity contribution < 1.29 is 4.79 Å². The minimum absolute atomic E-state index is 0.0203. The lowest BCUT2D eigenvalue weighted by atomic mass is 9.97. The minimum atomic E-state index is -0.0203. The number of carbonyl (C=O) groups excluding carboxylic acids is 1. The van der Waals surface area contributed by atoms with Gasteiger partial charge in [-0.3, -0.25) is 4.79 Å². The summed E-state index contributed by atoms with van der Waals surface area (Å²) in [6, 6.07) is 14.0. The van der Waals surface area contributed by atoms with Gasteiger partial charge in [-0.1, -0.05) is 29.8 Å². The number of fused-ring (bicyclic) bond motifs is 10. The number of benzene rings is 3. The number of para-hydroxylation sites is 1. The Morgan fingerprint density at radius 3 is 2.52 bits per heavy atom. The number of H-pyrrole nitrogens is 2. The maximum atomic E-state index is 12.6. The van der Waals surface area contributed by atoms with E-state index in [0.717, 1.165) is 54.7 Å². The van der Waals surface area contributed by atoms with Gasteiger partial charge in [-0.05, 0) is 29.8 Å². The average molecular weight is 346 g/mol. The number of nitrogens with one attached hydrogen (secondary N) is 3. The van der Waals surface area contributed by atoms with Crippen molar-refractivity contribution in [1.29, 1.82) is 0 Å². The van der Waals surface area contributed by atoms with Gasteiger partial charge in [0.1, 0.15) is 0 Å². The molecule has 0 bridgehead atoms. The highest BCUT2D eigenvalue weighted by atomic mass is 35.5. The molecule has 6 rings (SSSR count). The summed E-state index contributed by atoms with van der Waals surface area (Å²) in [5.41, 5.74) is 5.88. The molecule has 5 heteroatoms. The molecule has 0 spiro atoms. The fourth-order valence-corrected chi connectivity index (χ4v) is 4.39. The molecule has 3 aromatic carbocycles. The highest BCUT2D eigenvalue weighted by Crippen LogP contribution is 2.42. The smallest absolute Gasteiger partial charge is 0.252 e. The Labute approximate surface area is 146 Å². The van der Waals surface area contributed by atoms with Crippen molar-refractivity contribution in [2.24, 2.45) is 0 Å². The number of carbonyl (C=O) groups is 1. The van der Waals surface area contributed by atoms with Gasteiger partial charge in [0.05, 0.1) is 16.6 Å². The molecule has 1 aliphatic rings. The molecular weight excluding hydrogens is 334 g/mol. The molecule has 120 valence electrons. The van der Waals surface area contributed by atoms with Crippen LogP contribution in [-0.2, 0) is 6.54 Å². The monoisotopic (exact) mass is 345 g/mol. The highest BCUT2D eigenvalue weighted by molar-refractivity contribution is 6.34. The second-order valence-corrected chi connectivity index (χ2v) is 6.96. The van der Waals surface area contributed by atoms with E-state index in [1.165, 1.54) is 0 Å². The molecule has 2 aromatic heterocycles. The highest BCUT2D eigenvalue weighted by Gasteiger charge is 2.29. The third-order valence-corrected chi connectivity index (χ3v) is 5.46.